The summed E-state index contributed by atoms with van der Waals surface area (Å²) < 4.78 is 2.16. The predicted octanol–water partition coefficient (Wildman–Crippen LogP) is 1.55. The maximum Gasteiger partial charge on any atom is 0.105 e. The number of aryl methyl sites for hydroxylation is 2. The van der Waals surface area contributed by atoms with Gasteiger partial charge in [-0.3, -0.25) is 0 Å². The first-order chi connectivity index (χ1) is 4.84. The highest BCUT2D eigenvalue weighted by atomic mass is 32.2. The molecule has 0 N–H and O–H groups in total. The smallest absolute Gasteiger partial charge is 0.105 e. The maximum absolute atomic E-state index is 4.12. The van der Waals surface area contributed by atoms with Crippen LogP contribution in [-0.4, -0.2) is 21.6 Å². The van der Waals surface area contributed by atoms with Crippen molar-refractivity contribution >= 4 is 11.8 Å². The summed E-state index contributed by atoms with van der Waals surface area (Å²) in [6.07, 6.45) is 5.98. The number of hydrogen-bond acceptors (Lipinski definition) is 2. The Morgan fingerprint density at radius 3 is 3.00 bits per heavy atom. The third kappa shape index (κ3) is 1.77. The van der Waals surface area contributed by atoms with Crippen molar-refractivity contribution in [2.24, 2.45) is 0 Å². The van der Waals surface area contributed by atoms with Gasteiger partial charge >= 0.3 is 0 Å². The molecule has 0 spiro atoms. The van der Waals surface area contributed by atoms with Crippen LogP contribution < -0.4 is 0 Å². The Bertz CT molecular complexity index is 195. The number of thioether (sulfide) groups is 1. The molecule has 0 amide bonds. The molecule has 0 aliphatic carbocycles. The van der Waals surface area contributed by atoms with Crippen LogP contribution in [0.2, 0.25) is 0 Å². The van der Waals surface area contributed by atoms with E-state index in [9.17, 15) is 0 Å². The Morgan fingerprint density at radius 2 is 2.50 bits per heavy atom. The van der Waals surface area contributed by atoms with Crippen molar-refractivity contribution < 1.29 is 0 Å². The largest absolute Gasteiger partial charge is 0.334 e. The lowest BCUT2D eigenvalue weighted by Crippen LogP contribution is -2.00. The molecule has 3 heteroatoms. The van der Waals surface area contributed by atoms with Gasteiger partial charge in [0.15, 0.2) is 0 Å². The molecule has 0 atom stereocenters. The fourth-order valence-corrected chi connectivity index (χ4v) is 1.21. The highest BCUT2D eigenvalue weighted by molar-refractivity contribution is 7.98. The highest BCUT2D eigenvalue weighted by Crippen LogP contribution is 1.98. The molecule has 0 radical (unpaired) electrons. The van der Waals surface area contributed by atoms with Gasteiger partial charge in [0.25, 0.3) is 0 Å². The minimum Gasteiger partial charge on any atom is -0.334 e. The number of aromatic nitrogens is 2. The fourth-order valence-electron chi connectivity index (χ4n) is 0.830. The van der Waals surface area contributed by atoms with Crippen molar-refractivity contribution in [1.82, 2.24) is 9.55 Å². The topological polar surface area (TPSA) is 17.8 Å². The van der Waals surface area contributed by atoms with Crippen LogP contribution in [0, 0.1) is 6.92 Å². The molecule has 1 rings (SSSR count). The van der Waals surface area contributed by atoms with Crippen molar-refractivity contribution in [2.75, 3.05) is 12.0 Å². The van der Waals surface area contributed by atoms with Crippen molar-refractivity contribution in [2.45, 2.75) is 13.5 Å². The molecule has 10 heavy (non-hydrogen) atoms. The molecule has 2 nitrogen and oxygen atoms in total. The Labute approximate surface area is 65.7 Å². The molecule has 1 heterocycles. The van der Waals surface area contributed by atoms with Crippen LogP contribution in [0.4, 0.5) is 0 Å². The zero-order valence-electron chi connectivity index (χ0n) is 6.37. The summed E-state index contributed by atoms with van der Waals surface area (Å²) in [5.74, 6) is 2.27. The lowest BCUT2D eigenvalue weighted by Gasteiger charge is -2.01. The van der Waals surface area contributed by atoms with E-state index >= 15 is 0 Å². The van der Waals surface area contributed by atoms with E-state index in [2.05, 4.69) is 15.8 Å². The molecule has 0 saturated heterocycles. The zero-order chi connectivity index (χ0) is 7.40. The summed E-state index contributed by atoms with van der Waals surface area (Å²) in [6, 6.07) is 0. The van der Waals surface area contributed by atoms with Crippen LogP contribution in [-0.2, 0) is 6.54 Å². The summed E-state index contributed by atoms with van der Waals surface area (Å²) in [5, 5.41) is 0. The van der Waals surface area contributed by atoms with Gasteiger partial charge in [0, 0.05) is 24.7 Å². The second kappa shape index (κ2) is 3.66. The van der Waals surface area contributed by atoms with Crippen LogP contribution in [0.15, 0.2) is 12.4 Å². The van der Waals surface area contributed by atoms with E-state index in [4.69, 9.17) is 0 Å². The van der Waals surface area contributed by atoms with Gasteiger partial charge in [-0.1, -0.05) is 0 Å². The monoisotopic (exact) mass is 156 g/mol. The number of nitrogens with zero attached hydrogens (tertiary/aromatic N) is 2. The van der Waals surface area contributed by atoms with Crippen molar-refractivity contribution in [3.63, 3.8) is 0 Å². The third-order valence-corrected chi connectivity index (χ3v) is 2.05. The lowest BCUT2D eigenvalue weighted by atomic mass is 10.6. The molecule has 56 valence electrons. The fraction of sp³-hybridized carbons (Fsp3) is 0.571. The van der Waals surface area contributed by atoms with Crippen molar-refractivity contribution in [1.29, 1.82) is 0 Å². The summed E-state index contributed by atoms with van der Waals surface area (Å²) in [5.41, 5.74) is 0. The van der Waals surface area contributed by atoms with Crippen LogP contribution in [0.3, 0.4) is 0 Å². The van der Waals surface area contributed by atoms with Gasteiger partial charge in [0.2, 0.25) is 0 Å². The van der Waals surface area contributed by atoms with Gasteiger partial charge in [0.05, 0.1) is 0 Å². The minimum atomic E-state index is 1.08. The summed E-state index contributed by atoms with van der Waals surface area (Å²) in [4.78, 5) is 4.12. The SMILES string of the molecule is CSCCn1ccnc1C. The van der Waals surface area contributed by atoms with Gasteiger partial charge in [-0.15, -0.1) is 0 Å². The second-order valence-electron chi connectivity index (χ2n) is 2.16. The number of rotatable bonds is 3. The Balaban J connectivity index is 2.49. The van der Waals surface area contributed by atoms with Gasteiger partial charge in [-0.25, -0.2) is 4.98 Å². The first-order valence-electron chi connectivity index (χ1n) is 3.31. The third-order valence-electron chi connectivity index (χ3n) is 1.46. The van der Waals surface area contributed by atoms with E-state index in [1.807, 2.05) is 31.1 Å². The van der Waals surface area contributed by atoms with Crippen molar-refractivity contribution in [3.8, 4) is 0 Å². The number of hydrogen-bond donors (Lipinski definition) is 0. The van der Waals surface area contributed by atoms with E-state index in [-0.39, 0.29) is 0 Å². The van der Waals surface area contributed by atoms with E-state index < -0.39 is 0 Å². The average molecular weight is 156 g/mol. The summed E-state index contributed by atoms with van der Waals surface area (Å²) in [6.45, 7) is 3.10. The van der Waals surface area contributed by atoms with E-state index in [0.717, 1.165) is 18.1 Å². The molecule has 0 unspecified atom stereocenters. The quantitative estimate of drug-likeness (QED) is 0.661. The first kappa shape index (κ1) is 7.66. The Kier molecular flexibility index (Phi) is 2.81. The normalized spacial score (nSPS) is 10.2. The second-order valence-corrected chi connectivity index (χ2v) is 3.15. The predicted molar refractivity (Wildman–Crippen MR) is 45.3 cm³/mol. The molecule has 0 aliphatic heterocycles. The van der Waals surface area contributed by atoms with Gasteiger partial charge in [-0.2, -0.15) is 11.8 Å². The zero-order valence-corrected chi connectivity index (χ0v) is 7.19. The molecule has 0 aliphatic rings. The highest BCUT2D eigenvalue weighted by Gasteiger charge is 1.93. The summed E-state index contributed by atoms with van der Waals surface area (Å²) in [7, 11) is 0. The molecule has 0 bridgehead atoms. The minimum absolute atomic E-state index is 1.08. The van der Waals surface area contributed by atoms with E-state index in [0.29, 0.717) is 0 Å². The molecular formula is C7H12N2S. The average Bonchev–Trinajstić information content (AvgIpc) is 2.31. The van der Waals surface area contributed by atoms with Crippen LogP contribution >= 0.6 is 11.8 Å². The maximum atomic E-state index is 4.12. The lowest BCUT2D eigenvalue weighted by molar-refractivity contribution is 0.738. The van der Waals surface area contributed by atoms with Gasteiger partial charge < -0.3 is 4.57 Å². The summed E-state index contributed by atoms with van der Waals surface area (Å²) >= 11 is 1.86. The van der Waals surface area contributed by atoms with Gasteiger partial charge in [-0.05, 0) is 13.2 Å². The molecule has 0 saturated carbocycles. The number of imidazole rings is 1. The van der Waals surface area contributed by atoms with Crippen LogP contribution in [0.5, 0.6) is 0 Å². The van der Waals surface area contributed by atoms with E-state index in [1.165, 1.54) is 0 Å². The molecule has 0 aromatic carbocycles. The molecular weight excluding hydrogens is 144 g/mol. The molecule has 1 aromatic heterocycles. The first-order valence-corrected chi connectivity index (χ1v) is 4.70. The van der Waals surface area contributed by atoms with Gasteiger partial charge in [0.1, 0.15) is 5.82 Å². The van der Waals surface area contributed by atoms with Crippen LogP contribution in [0.1, 0.15) is 5.82 Å². The van der Waals surface area contributed by atoms with E-state index in [1.54, 1.807) is 0 Å². The van der Waals surface area contributed by atoms with Crippen LogP contribution in [0.25, 0.3) is 0 Å². The molecule has 0 fully saturated rings. The Hall–Kier alpha value is -0.440. The van der Waals surface area contributed by atoms with Crippen molar-refractivity contribution in [3.05, 3.63) is 18.2 Å². The Morgan fingerprint density at radius 1 is 1.70 bits per heavy atom. The molecule has 1 aromatic rings. The standard InChI is InChI=1S/C7H12N2S/c1-7-8-3-4-9(7)5-6-10-2/h3-4H,5-6H2,1-2H3.